The summed E-state index contributed by atoms with van der Waals surface area (Å²) in [6, 6.07) is 71.1. The molecule has 258 valence electrons. The molecule has 0 fully saturated rings. The van der Waals surface area contributed by atoms with Gasteiger partial charge in [-0.05, 0) is 76.8 Å². The van der Waals surface area contributed by atoms with E-state index in [1.807, 2.05) is 36.4 Å². The average Bonchev–Trinajstić information content (AvgIpc) is 3.85. The van der Waals surface area contributed by atoms with E-state index in [0.717, 1.165) is 61.4 Å². The molecule has 0 aliphatic carbocycles. The van der Waals surface area contributed by atoms with Crippen molar-refractivity contribution in [3.05, 3.63) is 200 Å². The van der Waals surface area contributed by atoms with E-state index in [9.17, 15) is 0 Å². The Hall–Kier alpha value is -7.43. The highest BCUT2D eigenvalue weighted by atomic mass is 16.3. The molecule has 4 nitrogen and oxygen atoms in total. The standard InChI is InChI=1S/C51H33N3O/c1-3-17-35(18-4-1)51-52-44-27-15-26-42(50(44)55-51)41-24-11-13-28-45(41)53(39-31-30-34-16-7-8-19-36(34)32-39)47-33-37-20-9-10-23-40(37)49-48(47)43-25-12-14-29-46(43)54(49)38-21-5-2-6-22-38/h1-33H. The third-order valence-corrected chi connectivity index (χ3v) is 10.8. The highest BCUT2D eigenvalue weighted by molar-refractivity contribution is 6.25. The second-order valence-corrected chi connectivity index (χ2v) is 14.0. The van der Waals surface area contributed by atoms with Gasteiger partial charge in [0.05, 0.1) is 22.4 Å². The number of hydrogen-bond donors (Lipinski definition) is 0. The lowest BCUT2D eigenvalue weighted by molar-refractivity contribution is 0.621. The molecule has 9 aromatic carbocycles. The summed E-state index contributed by atoms with van der Waals surface area (Å²) in [5, 5.41) is 7.12. The minimum Gasteiger partial charge on any atom is -0.435 e. The van der Waals surface area contributed by atoms with E-state index in [-0.39, 0.29) is 0 Å². The Balaban J connectivity index is 1.26. The molecule has 0 N–H and O–H groups in total. The number of anilines is 3. The maximum Gasteiger partial charge on any atom is 0.227 e. The van der Waals surface area contributed by atoms with Gasteiger partial charge in [-0.15, -0.1) is 0 Å². The van der Waals surface area contributed by atoms with Crippen LogP contribution < -0.4 is 4.90 Å². The van der Waals surface area contributed by atoms with E-state index < -0.39 is 0 Å². The molecular formula is C51H33N3O. The quantitative estimate of drug-likeness (QED) is 0.173. The molecule has 0 saturated heterocycles. The smallest absolute Gasteiger partial charge is 0.227 e. The van der Waals surface area contributed by atoms with E-state index >= 15 is 0 Å². The van der Waals surface area contributed by atoms with Crippen LogP contribution in [0.5, 0.6) is 0 Å². The second-order valence-electron chi connectivity index (χ2n) is 14.0. The summed E-state index contributed by atoms with van der Waals surface area (Å²) in [7, 11) is 0. The van der Waals surface area contributed by atoms with E-state index in [2.05, 4.69) is 173 Å². The van der Waals surface area contributed by atoms with Crippen LogP contribution >= 0.6 is 0 Å². The summed E-state index contributed by atoms with van der Waals surface area (Å²) in [6.07, 6.45) is 0. The van der Waals surface area contributed by atoms with Crippen LogP contribution in [0.3, 0.4) is 0 Å². The van der Waals surface area contributed by atoms with Crippen LogP contribution in [0.15, 0.2) is 205 Å². The van der Waals surface area contributed by atoms with Crippen LogP contribution in [-0.2, 0) is 0 Å². The first-order chi connectivity index (χ1) is 27.3. The van der Waals surface area contributed by atoms with Crippen LogP contribution in [0.2, 0.25) is 0 Å². The molecular weight excluding hydrogens is 671 g/mol. The van der Waals surface area contributed by atoms with Gasteiger partial charge in [0.2, 0.25) is 5.89 Å². The molecule has 0 bridgehead atoms. The monoisotopic (exact) mass is 703 g/mol. The van der Waals surface area contributed by atoms with Crippen molar-refractivity contribution in [3.63, 3.8) is 0 Å². The highest BCUT2D eigenvalue weighted by Gasteiger charge is 2.26. The van der Waals surface area contributed by atoms with Gasteiger partial charge >= 0.3 is 0 Å². The minimum absolute atomic E-state index is 0.608. The Kier molecular flexibility index (Phi) is 7.14. The molecule has 0 aliphatic rings. The molecule has 2 heterocycles. The molecule has 11 rings (SSSR count). The first-order valence-electron chi connectivity index (χ1n) is 18.6. The van der Waals surface area contributed by atoms with Crippen molar-refractivity contribution < 1.29 is 4.42 Å². The number of aromatic nitrogens is 2. The largest absolute Gasteiger partial charge is 0.435 e. The van der Waals surface area contributed by atoms with Crippen molar-refractivity contribution in [3.8, 4) is 28.3 Å². The Labute approximate surface area is 317 Å². The van der Waals surface area contributed by atoms with Gasteiger partial charge in [0.15, 0.2) is 5.58 Å². The first kappa shape index (κ1) is 31.1. The second kappa shape index (κ2) is 12.6. The third kappa shape index (κ3) is 5.03. The summed E-state index contributed by atoms with van der Waals surface area (Å²) >= 11 is 0. The highest BCUT2D eigenvalue weighted by Crippen LogP contribution is 2.49. The molecule has 0 spiro atoms. The average molecular weight is 704 g/mol. The van der Waals surface area contributed by atoms with Gasteiger partial charge in [0.1, 0.15) is 5.52 Å². The van der Waals surface area contributed by atoms with Crippen LogP contribution in [-0.4, -0.2) is 9.55 Å². The van der Waals surface area contributed by atoms with Crippen molar-refractivity contribution in [2.24, 2.45) is 0 Å². The molecule has 55 heavy (non-hydrogen) atoms. The van der Waals surface area contributed by atoms with Crippen molar-refractivity contribution in [1.29, 1.82) is 0 Å². The number of fused-ring (bicyclic) bond motifs is 7. The number of rotatable bonds is 6. The van der Waals surface area contributed by atoms with Crippen LogP contribution in [0.4, 0.5) is 17.1 Å². The fraction of sp³-hybridized carbons (Fsp3) is 0. The van der Waals surface area contributed by atoms with Gasteiger partial charge in [-0.2, -0.15) is 0 Å². The van der Waals surface area contributed by atoms with E-state index in [1.54, 1.807) is 0 Å². The molecule has 2 aromatic heterocycles. The normalized spacial score (nSPS) is 11.6. The van der Waals surface area contributed by atoms with Crippen LogP contribution in [0.25, 0.3) is 82.7 Å². The zero-order valence-corrected chi connectivity index (χ0v) is 29.8. The van der Waals surface area contributed by atoms with E-state index in [4.69, 9.17) is 9.40 Å². The fourth-order valence-electron chi connectivity index (χ4n) is 8.32. The summed E-state index contributed by atoms with van der Waals surface area (Å²) in [5.41, 5.74) is 11.2. The van der Waals surface area contributed by atoms with Gasteiger partial charge in [-0.25, -0.2) is 4.98 Å². The zero-order valence-electron chi connectivity index (χ0n) is 29.8. The summed E-state index contributed by atoms with van der Waals surface area (Å²) in [4.78, 5) is 7.40. The third-order valence-electron chi connectivity index (χ3n) is 10.8. The summed E-state index contributed by atoms with van der Waals surface area (Å²) in [6.45, 7) is 0. The molecule has 0 saturated carbocycles. The van der Waals surface area contributed by atoms with E-state index in [0.29, 0.717) is 5.89 Å². The lowest BCUT2D eigenvalue weighted by Gasteiger charge is -2.29. The minimum atomic E-state index is 0.608. The summed E-state index contributed by atoms with van der Waals surface area (Å²) < 4.78 is 9.08. The molecule has 0 amide bonds. The number of para-hydroxylation sites is 4. The van der Waals surface area contributed by atoms with Crippen LogP contribution in [0, 0.1) is 0 Å². The van der Waals surface area contributed by atoms with Gasteiger partial charge in [0, 0.05) is 44.2 Å². The summed E-state index contributed by atoms with van der Waals surface area (Å²) in [5.74, 6) is 0.608. The number of hydrogen-bond acceptors (Lipinski definition) is 3. The number of oxazole rings is 1. The van der Waals surface area contributed by atoms with Gasteiger partial charge in [-0.1, -0.05) is 140 Å². The van der Waals surface area contributed by atoms with Crippen molar-refractivity contribution in [2.45, 2.75) is 0 Å². The van der Waals surface area contributed by atoms with Gasteiger partial charge in [-0.3, -0.25) is 0 Å². The van der Waals surface area contributed by atoms with Gasteiger partial charge < -0.3 is 13.9 Å². The first-order valence-corrected chi connectivity index (χ1v) is 18.6. The van der Waals surface area contributed by atoms with Crippen molar-refractivity contribution in [1.82, 2.24) is 9.55 Å². The maximum absolute atomic E-state index is 6.65. The maximum atomic E-state index is 6.65. The Morgan fingerprint density at radius 1 is 0.473 bits per heavy atom. The Morgan fingerprint density at radius 3 is 2.00 bits per heavy atom. The topological polar surface area (TPSA) is 34.2 Å². The lowest BCUT2D eigenvalue weighted by Crippen LogP contribution is -2.12. The Bertz CT molecular complexity index is 3210. The molecule has 11 aromatic rings. The molecule has 0 atom stereocenters. The van der Waals surface area contributed by atoms with Crippen LogP contribution in [0.1, 0.15) is 0 Å². The predicted molar refractivity (Wildman–Crippen MR) is 229 cm³/mol. The Morgan fingerprint density at radius 2 is 1.15 bits per heavy atom. The fourth-order valence-corrected chi connectivity index (χ4v) is 8.32. The van der Waals surface area contributed by atoms with Crippen molar-refractivity contribution in [2.75, 3.05) is 4.90 Å². The van der Waals surface area contributed by atoms with E-state index in [1.165, 1.54) is 32.4 Å². The SMILES string of the molecule is c1ccc(-c2nc3cccc(-c4ccccc4N(c4ccc5ccccc5c4)c4cc5ccccc5c5c4c4ccccc4n5-c4ccccc4)c3o2)cc1. The number of benzene rings is 9. The zero-order chi connectivity index (χ0) is 36.3. The lowest BCUT2D eigenvalue weighted by atomic mass is 9.98. The van der Waals surface area contributed by atoms with Crippen molar-refractivity contribution >= 4 is 71.5 Å². The number of nitrogens with zero attached hydrogens (tertiary/aromatic N) is 3. The molecule has 0 aliphatic heterocycles. The predicted octanol–water partition coefficient (Wildman–Crippen LogP) is 14.0. The molecule has 4 heteroatoms. The van der Waals surface area contributed by atoms with Gasteiger partial charge in [0.25, 0.3) is 0 Å². The molecule has 0 radical (unpaired) electrons. The molecule has 0 unspecified atom stereocenters.